The second-order valence-corrected chi connectivity index (χ2v) is 12.3. The number of halogens is 1. The molecule has 0 unspecified atom stereocenters. The van der Waals surface area contributed by atoms with Crippen molar-refractivity contribution in [3.8, 4) is 11.5 Å². The molecule has 0 radical (unpaired) electrons. The van der Waals surface area contributed by atoms with E-state index in [-0.39, 0.29) is 31.9 Å². The molecule has 3 aromatic rings. The molecule has 186 valence electrons. The molecule has 13 heteroatoms. The van der Waals surface area contributed by atoms with E-state index in [4.69, 9.17) is 21.1 Å². The van der Waals surface area contributed by atoms with Crippen molar-refractivity contribution in [1.29, 1.82) is 0 Å². The van der Waals surface area contributed by atoms with Gasteiger partial charge in [-0.15, -0.1) is 0 Å². The molecule has 0 saturated heterocycles. The Morgan fingerprint density at radius 3 is 2.34 bits per heavy atom. The first-order valence-corrected chi connectivity index (χ1v) is 14.4. The highest BCUT2D eigenvalue weighted by molar-refractivity contribution is 8.00. The average molecular weight is 556 g/mol. The Morgan fingerprint density at radius 1 is 0.886 bits per heavy atom. The van der Waals surface area contributed by atoms with Crippen molar-refractivity contribution in [2.24, 2.45) is 0 Å². The molecule has 0 saturated carbocycles. The number of nitrogens with one attached hydrogen (secondary N) is 2. The van der Waals surface area contributed by atoms with Crippen molar-refractivity contribution in [1.82, 2.24) is 0 Å². The maximum Gasteiger partial charge on any atom is 0.265 e. The zero-order valence-corrected chi connectivity index (χ0v) is 22.1. The average Bonchev–Trinajstić information content (AvgIpc) is 3.20. The molecule has 35 heavy (non-hydrogen) atoms. The topological polar surface area (TPSA) is 114 Å². The van der Waals surface area contributed by atoms with Crippen molar-refractivity contribution >= 4 is 60.7 Å². The Hall–Kier alpha value is -2.80. The molecule has 0 aromatic heterocycles. The lowest BCUT2D eigenvalue weighted by Crippen LogP contribution is -2.18. The van der Waals surface area contributed by atoms with Gasteiger partial charge < -0.3 is 13.8 Å². The zero-order valence-electron chi connectivity index (χ0n) is 18.9. The third kappa shape index (κ3) is 5.25. The van der Waals surface area contributed by atoms with Gasteiger partial charge in [-0.1, -0.05) is 11.6 Å². The summed E-state index contributed by atoms with van der Waals surface area (Å²) in [5.41, 5.74) is 1.80. The number of hydrogen-bond acceptors (Lipinski definition) is 8. The van der Waals surface area contributed by atoms with Gasteiger partial charge in [0, 0.05) is 23.9 Å². The van der Waals surface area contributed by atoms with E-state index in [1.54, 1.807) is 24.1 Å². The lowest BCUT2D eigenvalue weighted by molar-refractivity contribution is 0.386. The van der Waals surface area contributed by atoms with Gasteiger partial charge in [0.1, 0.15) is 16.4 Å². The molecular formula is C22H22ClN3O6S3. The van der Waals surface area contributed by atoms with Gasteiger partial charge in [0.25, 0.3) is 20.0 Å². The highest BCUT2D eigenvalue weighted by atomic mass is 35.5. The molecule has 1 aliphatic heterocycles. The smallest absolute Gasteiger partial charge is 0.265 e. The minimum absolute atomic E-state index is 0.00713. The van der Waals surface area contributed by atoms with E-state index < -0.39 is 20.0 Å². The number of ether oxygens (including phenoxy) is 2. The molecule has 1 aliphatic rings. The molecule has 9 nitrogen and oxygen atoms in total. The number of fused-ring (bicyclic) bond motifs is 1. The van der Waals surface area contributed by atoms with Crippen LogP contribution in [0.1, 0.15) is 5.56 Å². The summed E-state index contributed by atoms with van der Waals surface area (Å²) < 4.78 is 69.8. The maximum absolute atomic E-state index is 13.2. The minimum Gasteiger partial charge on any atom is -0.497 e. The van der Waals surface area contributed by atoms with Crippen molar-refractivity contribution in [3.63, 3.8) is 0 Å². The molecular weight excluding hydrogens is 534 g/mol. The molecule has 0 fully saturated rings. The summed E-state index contributed by atoms with van der Waals surface area (Å²) in [6.45, 7) is 0. The van der Waals surface area contributed by atoms with Crippen molar-refractivity contribution in [2.75, 3.05) is 35.0 Å². The molecule has 0 amide bonds. The van der Waals surface area contributed by atoms with Crippen LogP contribution in [0.3, 0.4) is 0 Å². The summed E-state index contributed by atoms with van der Waals surface area (Å²) in [5, 5.41) is 0.222. The van der Waals surface area contributed by atoms with E-state index in [2.05, 4.69) is 9.44 Å². The first-order chi connectivity index (χ1) is 16.5. The number of anilines is 3. The fourth-order valence-electron chi connectivity index (χ4n) is 3.48. The molecule has 2 N–H and O–H groups in total. The molecule has 1 heterocycles. The monoisotopic (exact) mass is 555 g/mol. The second kappa shape index (κ2) is 9.69. The summed E-state index contributed by atoms with van der Waals surface area (Å²) in [6, 6.07) is 13.2. The van der Waals surface area contributed by atoms with Gasteiger partial charge in [-0.3, -0.25) is 9.44 Å². The number of hydrogen-bond donors (Lipinski definition) is 2. The number of rotatable bonds is 8. The zero-order chi connectivity index (χ0) is 25.4. The van der Waals surface area contributed by atoms with Gasteiger partial charge >= 0.3 is 0 Å². The number of nitrogens with zero attached hydrogens (tertiary/aromatic N) is 1. The van der Waals surface area contributed by atoms with Crippen molar-refractivity contribution in [3.05, 3.63) is 65.2 Å². The van der Waals surface area contributed by atoms with E-state index >= 15 is 0 Å². The van der Waals surface area contributed by atoms with Crippen LogP contribution in [0.5, 0.6) is 11.5 Å². The van der Waals surface area contributed by atoms with Crippen LogP contribution in [0.4, 0.5) is 17.1 Å². The number of sulfonamides is 2. The summed E-state index contributed by atoms with van der Waals surface area (Å²) in [5.74, 6) is 1.13. The molecule has 4 rings (SSSR count). The summed E-state index contributed by atoms with van der Waals surface area (Å²) >= 11 is 7.67. The highest BCUT2D eigenvalue weighted by Gasteiger charge is 2.25. The number of benzene rings is 3. The molecule has 0 atom stereocenters. The van der Waals surface area contributed by atoms with Crippen molar-refractivity contribution in [2.45, 2.75) is 15.5 Å². The molecule has 0 aliphatic carbocycles. The Labute approximate surface area is 213 Å². The summed E-state index contributed by atoms with van der Waals surface area (Å²) in [7, 11) is -3.52. The van der Waals surface area contributed by atoms with Crippen LogP contribution in [0.2, 0.25) is 5.02 Å². The fourth-order valence-corrected chi connectivity index (χ4v) is 6.88. The third-order valence-electron chi connectivity index (χ3n) is 5.24. The molecule has 3 aromatic carbocycles. The Balaban J connectivity index is 1.67. The highest BCUT2D eigenvalue weighted by Crippen LogP contribution is 2.38. The van der Waals surface area contributed by atoms with Gasteiger partial charge in [-0.2, -0.15) is 0 Å². The Bertz CT molecular complexity index is 1500. The van der Waals surface area contributed by atoms with Gasteiger partial charge in [-0.05, 0) is 66.0 Å². The van der Waals surface area contributed by atoms with Crippen LogP contribution in [0.15, 0.2) is 64.4 Å². The SMILES string of the molecule is COc1ccc(S(=O)(=O)Nc2ccc(Cl)cc2NS(=O)(=O)c2ccc3c(c2)CSN3C)c(OC)c1. The Morgan fingerprint density at radius 2 is 1.63 bits per heavy atom. The molecule has 0 spiro atoms. The first-order valence-electron chi connectivity index (χ1n) is 10.1. The first kappa shape index (κ1) is 25.3. The van der Waals surface area contributed by atoms with Crippen LogP contribution < -0.4 is 23.2 Å². The predicted octanol–water partition coefficient (Wildman–Crippen LogP) is 4.56. The lowest BCUT2D eigenvalue weighted by Gasteiger charge is -2.17. The second-order valence-electron chi connectivity index (χ2n) is 7.48. The van der Waals surface area contributed by atoms with E-state index in [9.17, 15) is 16.8 Å². The normalized spacial score (nSPS) is 13.3. The Kier molecular flexibility index (Phi) is 7.00. The van der Waals surface area contributed by atoms with Gasteiger partial charge in [-0.25, -0.2) is 16.8 Å². The predicted molar refractivity (Wildman–Crippen MR) is 139 cm³/mol. The quantitative estimate of drug-likeness (QED) is 0.389. The standard InChI is InChI=1S/C22H22ClN3O6S3/c1-26-20-8-6-17(10-14(20)13-33-26)34(27,28)25-19-11-15(23)4-7-18(19)24-35(29,30)22-9-5-16(31-2)12-21(22)32-3/h4-12,24-25H,13H2,1-3H3. The van der Waals surface area contributed by atoms with E-state index in [1.807, 2.05) is 11.4 Å². The van der Waals surface area contributed by atoms with Gasteiger partial charge in [0.05, 0.1) is 36.2 Å². The van der Waals surface area contributed by atoms with Gasteiger partial charge in [0.15, 0.2) is 0 Å². The van der Waals surface area contributed by atoms with Crippen LogP contribution in [-0.4, -0.2) is 38.1 Å². The minimum atomic E-state index is -4.17. The number of methoxy groups -OCH3 is 2. The maximum atomic E-state index is 13.2. The lowest BCUT2D eigenvalue weighted by atomic mass is 10.2. The van der Waals surface area contributed by atoms with Gasteiger partial charge in [0.2, 0.25) is 0 Å². The third-order valence-corrected chi connectivity index (χ3v) is 9.27. The van der Waals surface area contributed by atoms with Crippen LogP contribution >= 0.6 is 23.5 Å². The molecule has 0 bridgehead atoms. The largest absolute Gasteiger partial charge is 0.497 e. The van der Waals surface area contributed by atoms with Crippen LogP contribution in [0.25, 0.3) is 0 Å². The van der Waals surface area contributed by atoms with Crippen LogP contribution in [0, 0.1) is 0 Å². The van der Waals surface area contributed by atoms with E-state index in [0.29, 0.717) is 11.5 Å². The summed E-state index contributed by atoms with van der Waals surface area (Å²) in [6.07, 6.45) is 0. The van der Waals surface area contributed by atoms with E-state index in [0.717, 1.165) is 11.3 Å². The fraction of sp³-hybridized carbons (Fsp3) is 0.182. The summed E-state index contributed by atoms with van der Waals surface area (Å²) in [4.78, 5) is -0.0949. The van der Waals surface area contributed by atoms with Crippen LogP contribution in [-0.2, 0) is 25.8 Å². The van der Waals surface area contributed by atoms with Crippen molar-refractivity contribution < 1.29 is 26.3 Å². The van der Waals surface area contributed by atoms with E-state index in [1.165, 1.54) is 56.7 Å².